The van der Waals surface area contributed by atoms with E-state index in [-0.39, 0.29) is 17.6 Å². The molecule has 3 aromatic rings. The van der Waals surface area contributed by atoms with E-state index in [1.54, 1.807) is 30.5 Å². The maximum absolute atomic E-state index is 12.7. The minimum Gasteiger partial charge on any atom is -0.494 e. The number of carbonyl (C=O) groups excluding carboxylic acids is 2. The Morgan fingerprint density at radius 1 is 1.03 bits per heavy atom. The molecule has 35 heavy (non-hydrogen) atoms. The third-order valence-electron chi connectivity index (χ3n) is 5.00. The van der Waals surface area contributed by atoms with Gasteiger partial charge in [-0.25, -0.2) is 4.98 Å². The average Bonchev–Trinajstić information content (AvgIpc) is 3.33. The highest BCUT2D eigenvalue weighted by Gasteiger charge is 2.13. The predicted molar refractivity (Wildman–Crippen MR) is 139 cm³/mol. The zero-order valence-corrected chi connectivity index (χ0v) is 21.2. The summed E-state index contributed by atoms with van der Waals surface area (Å²) in [6.07, 6.45) is 5.50. The molecule has 0 saturated carbocycles. The Bertz CT molecular complexity index is 1110. The van der Waals surface area contributed by atoms with E-state index >= 15 is 0 Å². The van der Waals surface area contributed by atoms with Crippen LogP contribution in [0.2, 0.25) is 0 Å². The van der Waals surface area contributed by atoms with Crippen LogP contribution >= 0.6 is 11.8 Å². The number of rotatable bonds is 13. The van der Waals surface area contributed by atoms with Crippen LogP contribution < -0.4 is 20.1 Å². The van der Waals surface area contributed by atoms with Gasteiger partial charge in [-0.15, -0.1) is 0 Å². The molecule has 0 radical (unpaired) electrons. The van der Waals surface area contributed by atoms with E-state index < -0.39 is 0 Å². The molecule has 0 unspecified atom stereocenters. The monoisotopic (exact) mass is 496 g/mol. The highest BCUT2D eigenvalue weighted by atomic mass is 32.2. The number of amides is 2. The van der Waals surface area contributed by atoms with Gasteiger partial charge < -0.3 is 20.1 Å². The molecule has 0 saturated heterocycles. The number of hydrogen-bond donors (Lipinski definition) is 2. The molecule has 0 aliphatic rings. The van der Waals surface area contributed by atoms with Gasteiger partial charge in [0.05, 0.1) is 24.7 Å². The molecule has 186 valence electrons. The summed E-state index contributed by atoms with van der Waals surface area (Å²) >= 11 is 1.32. The van der Waals surface area contributed by atoms with Crippen molar-refractivity contribution in [2.24, 2.45) is 0 Å². The maximum Gasteiger partial charge on any atom is 0.251 e. The summed E-state index contributed by atoms with van der Waals surface area (Å²) in [5.74, 6) is 1.16. The van der Waals surface area contributed by atoms with Crippen molar-refractivity contribution in [1.82, 2.24) is 14.9 Å². The SMILES string of the molecule is CCCCNC(=O)c1ccc(-n2ccnc2SCC(=O)Nc2cc(OCC)ccc2OCC)cc1. The Morgan fingerprint density at radius 2 is 1.80 bits per heavy atom. The molecule has 0 fully saturated rings. The van der Waals surface area contributed by atoms with Crippen LogP contribution in [-0.2, 0) is 4.79 Å². The van der Waals surface area contributed by atoms with E-state index in [0.29, 0.717) is 47.7 Å². The number of unbranched alkanes of at least 4 members (excludes halogenated alkanes) is 1. The third-order valence-corrected chi connectivity index (χ3v) is 5.97. The number of nitrogens with one attached hydrogen (secondary N) is 2. The number of thioether (sulfide) groups is 1. The Kier molecular flexibility index (Phi) is 10.0. The Hall–Kier alpha value is -3.46. The Morgan fingerprint density at radius 3 is 2.51 bits per heavy atom. The van der Waals surface area contributed by atoms with Crippen molar-refractivity contribution >= 4 is 29.3 Å². The normalized spacial score (nSPS) is 10.6. The molecule has 0 aliphatic carbocycles. The zero-order valence-electron chi connectivity index (χ0n) is 20.4. The van der Waals surface area contributed by atoms with E-state index in [9.17, 15) is 9.59 Å². The van der Waals surface area contributed by atoms with E-state index in [1.165, 1.54) is 11.8 Å². The summed E-state index contributed by atoms with van der Waals surface area (Å²) in [7, 11) is 0. The summed E-state index contributed by atoms with van der Waals surface area (Å²) in [5.41, 5.74) is 2.04. The highest BCUT2D eigenvalue weighted by molar-refractivity contribution is 7.99. The molecular weight excluding hydrogens is 464 g/mol. The van der Waals surface area contributed by atoms with Crippen molar-refractivity contribution in [2.75, 3.05) is 30.8 Å². The second-order valence-electron chi connectivity index (χ2n) is 7.60. The Balaban J connectivity index is 1.63. The van der Waals surface area contributed by atoms with Crippen molar-refractivity contribution in [2.45, 2.75) is 38.8 Å². The van der Waals surface area contributed by atoms with Crippen LogP contribution in [-0.4, -0.2) is 46.9 Å². The van der Waals surface area contributed by atoms with Crippen LogP contribution in [0.3, 0.4) is 0 Å². The summed E-state index contributed by atoms with van der Waals surface area (Å²) in [5, 5.41) is 6.50. The van der Waals surface area contributed by atoms with E-state index in [2.05, 4.69) is 22.5 Å². The first-order valence-electron chi connectivity index (χ1n) is 11.8. The third kappa shape index (κ3) is 7.51. The molecule has 0 aliphatic heterocycles. The van der Waals surface area contributed by atoms with Gasteiger partial charge in [-0.2, -0.15) is 0 Å². The fourth-order valence-electron chi connectivity index (χ4n) is 3.31. The molecule has 2 amide bonds. The molecule has 1 heterocycles. The molecule has 9 heteroatoms. The van der Waals surface area contributed by atoms with E-state index in [1.807, 2.05) is 42.8 Å². The minimum absolute atomic E-state index is 0.0817. The first-order chi connectivity index (χ1) is 17.0. The lowest BCUT2D eigenvalue weighted by Crippen LogP contribution is -2.24. The second-order valence-corrected chi connectivity index (χ2v) is 8.54. The number of anilines is 1. The number of benzene rings is 2. The first kappa shape index (κ1) is 26.2. The van der Waals surface area contributed by atoms with Crippen molar-refractivity contribution in [3.05, 3.63) is 60.4 Å². The van der Waals surface area contributed by atoms with Crippen molar-refractivity contribution < 1.29 is 19.1 Å². The van der Waals surface area contributed by atoms with Gasteiger partial charge in [-0.3, -0.25) is 14.2 Å². The first-order valence-corrected chi connectivity index (χ1v) is 12.8. The lowest BCUT2D eigenvalue weighted by atomic mass is 10.2. The van der Waals surface area contributed by atoms with Crippen LogP contribution in [0, 0.1) is 0 Å². The fourth-order valence-corrected chi connectivity index (χ4v) is 4.08. The number of nitrogens with zero attached hydrogens (tertiary/aromatic N) is 2. The number of carbonyl (C=O) groups is 2. The van der Waals surface area contributed by atoms with Gasteiger partial charge in [0.1, 0.15) is 11.5 Å². The van der Waals surface area contributed by atoms with Gasteiger partial charge in [0.2, 0.25) is 5.91 Å². The van der Waals surface area contributed by atoms with Crippen molar-refractivity contribution in [3.63, 3.8) is 0 Å². The lowest BCUT2D eigenvalue weighted by Gasteiger charge is -2.13. The lowest BCUT2D eigenvalue weighted by molar-refractivity contribution is -0.113. The van der Waals surface area contributed by atoms with Crippen molar-refractivity contribution in [3.8, 4) is 17.2 Å². The minimum atomic E-state index is -0.182. The topological polar surface area (TPSA) is 94.5 Å². The number of imidazole rings is 1. The average molecular weight is 497 g/mol. The van der Waals surface area contributed by atoms with Gasteiger partial charge in [-0.05, 0) is 56.7 Å². The molecule has 0 spiro atoms. The summed E-state index contributed by atoms with van der Waals surface area (Å²) in [6.45, 7) is 7.58. The van der Waals surface area contributed by atoms with Gasteiger partial charge in [-0.1, -0.05) is 25.1 Å². The zero-order chi connectivity index (χ0) is 25.0. The van der Waals surface area contributed by atoms with E-state index in [0.717, 1.165) is 18.5 Å². The Labute approximate surface area is 210 Å². The van der Waals surface area contributed by atoms with Crippen LogP contribution in [0.1, 0.15) is 44.0 Å². The van der Waals surface area contributed by atoms with Crippen LogP contribution in [0.25, 0.3) is 5.69 Å². The summed E-state index contributed by atoms with van der Waals surface area (Å²) in [4.78, 5) is 29.3. The standard InChI is InChI=1S/C26H32N4O4S/c1-4-7-14-27-25(32)19-8-10-20(11-9-19)30-16-15-28-26(30)35-18-24(31)29-22-17-21(33-5-2)12-13-23(22)34-6-3/h8-13,15-17H,4-7,14,18H2,1-3H3,(H,27,32)(H,29,31). The van der Waals surface area contributed by atoms with Gasteiger partial charge in [0.15, 0.2) is 5.16 Å². The largest absolute Gasteiger partial charge is 0.494 e. The van der Waals surface area contributed by atoms with Gasteiger partial charge >= 0.3 is 0 Å². The summed E-state index contributed by atoms with van der Waals surface area (Å²) in [6, 6.07) is 12.7. The number of aromatic nitrogens is 2. The quantitative estimate of drug-likeness (QED) is 0.257. The summed E-state index contributed by atoms with van der Waals surface area (Å²) < 4.78 is 13.1. The molecule has 2 aromatic carbocycles. The molecule has 2 N–H and O–H groups in total. The number of ether oxygens (including phenoxy) is 2. The number of hydrogen-bond acceptors (Lipinski definition) is 6. The van der Waals surface area contributed by atoms with Gasteiger partial charge in [0.25, 0.3) is 5.91 Å². The predicted octanol–water partition coefficient (Wildman–Crippen LogP) is 4.93. The molecule has 8 nitrogen and oxygen atoms in total. The fraction of sp³-hybridized carbons (Fsp3) is 0.346. The second kappa shape index (κ2) is 13.4. The molecule has 0 atom stereocenters. The van der Waals surface area contributed by atoms with Crippen LogP contribution in [0.5, 0.6) is 11.5 Å². The maximum atomic E-state index is 12.7. The van der Waals surface area contributed by atoms with E-state index in [4.69, 9.17) is 9.47 Å². The van der Waals surface area contributed by atoms with Crippen LogP contribution in [0.4, 0.5) is 5.69 Å². The van der Waals surface area contributed by atoms with Gasteiger partial charge in [0, 0.05) is 36.3 Å². The smallest absolute Gasteiger partial charge is 0.251 e. The highest BCUT2D eigenvalue weighted by Crippen LogP contribution is 2.30. The molecule has 0 bridgehead atoms. The molecule has 3 rings (SSSR count). The van der Waals surface area contributed by atoms with Crippen molar-refractivity contribution in [1.29, 1.82) is 0 Å². The van der Waals surface area contributed by atoms with Crippen LogP contribution in [0.15, 0.2) is 60.0 Å². The molecular formula is C26H32N4O4S. The molecule has 1 aromatic heterocycles.